The normalized spacial score (nSPS) is 18.9. The molecule has 96 valence electrons. The third kappa shape index (κ3) is 2.94. The molecular weight excluding hydrogens is 279 g/mol. The summed E-state index contributed by atoms with van der Waals surface area (Å²) in [6.45, 7) is 3.79. The Bertz CT molecular complexity index is 402. The highest BCUT2D eigenvalue weighted by atomic mass is 35.5. The Morgan fingerprint density at radius 3 is 2.82 bits per heavy atom. The van der Waals surface area contributed by atoms with Crippen LogP contribution in [-0.4, -0.2) is 37.0 Å². The molecule has 6 heteroatoms. The van der Waals surface area contributed by atoms with E-state index in [9.17, 15) is 4.79 Å². The van der Waals surface area contributed by atoms with E-state index in [4.69, 9.17) is 11.6 Å². The van der Waals surface area contributed by atoms with Gasteiger partial charge in [0.2, 0.25) is 0 Å². The van der Waals surface area contributed by atoms with E-state index in [1.54, 1.807) is 4.90 Å². The van der Waals surface area contributed by atoms with Gasteiger partial charge in [0.05, 0.1) is 5.02 Å². The maximum atomic E-state index is 12.2. The van der Waals surface area contributed by atoms with Crippen LogP contribution in [0, 0.1) is 6.92 Å². The molecule has 2 rings (SSSR count). The van der Waals surface area contributed by atoms with Crippen LogP contribution in [-0.2, 0) is 0 Å². The lowest BCUT2D eigenvalue weighted by molar-refractivity contribution is 0.0749. The summed E-state index contributed by atoms with van der Waals surface area (Å²) >= 11 is 7.53. The van der Waals surface area contributed by atoms with Crippen molar-refractivity contribution in [2.75, 3.05) is 20.1 Å². The van der Waals surface area contributed by atoms with Crippen LogP contribution in [0.2, 0.25) is 5.02 Å². The number of rotatable bonds is 2. The van der Waals surface area contributed by atoms with Crippen LogP contribution in [0.15, 0.2) is 5.38 Å². The number of hydrogen-bond acceptors (Lipinski definition) is 3. The van der Waals surface area contributed by atoms with Crippen molar-refractivity contribution >= 4 is 41.3 Å². The number of likely N-dealkylation sites (N-methyl/N-ethyl adjacent to an activating group) is 1. The van der Waals surface area contributed by atoms with Gasteiger partial charge in [-0.25, -0.2) is 0 Å². The van der Waals surface area contributed by atoms with Gasteiger partial charge in [0.25, 0.3) is 5.91 Å². The van der Waals surface area contributed by atoms with Crippen molar-refractivity contribution in [2.45, 2.75) is 19.4 Å². The van der Waals surface area contributed by atoms with E-state index >= 15 is 0 Å². The van der Waals surface area contributed by atoms with Crippen LogP contribution in [0.25, 0.3) is 0 Å². The highest BCUT2D eigenvalue weighted by molar-refractivity contribution is 7.13. The van der Waals surface area contributed by atoms with Crippen LogP contribution < -0.4 is 5.32 Å². The van der Waals surface area contributed by atoms with Gasteiger partial charge in [0.15, 0.2) is 0 Å². The molecule has 3 nitrogen and oxygen atoms in total. The molecule has 1 saturated heterocycles. The third-order valence-corrected chi connectivity index (χ3v) is 4.68. The molecule has 1 aromatic rings. The van der Waals surface area contributed by atoms with Crippen molar-refractivity contribution in [3.8, 4) is 0 Å². The second kappa shape index (κ2) is 6.05. The first-order chi connectivity index (χ1) is 7.61. The molecule has 0 saturated carbocycles. The van der Waals surface area contributed by atoms with Crippen LogP contribution >= 0.6 is 35.3 Å². The first kappa shape index (κ1) is 14.8. The van der Waals surface area contributed by atoms with Crippen molar-refractivity contribution in [2.24, 2.45) is 0 Å². The summed E-state index contributed by atoms with van der Waals surface area (Å²) in [6.07, 6.45) is 1.02. The van der Waals surface area contributed by atoms with Gasteiger partial charge in [0.1, 0.15) is 4.88 Å². The standard InChI is InChI=1S/C11H15ClN2OS.ClH/c1-7-6-16-10(9(7)12)11(15)14(2)8-3-4-13-5-8;/h6,8,13H,3-5H2,1-2H3;1H. The van der Waals surface area contributed by atoms with Crippen LogP contribution in [0.4, 0.5) is 0 Å². The van der Waals surface area contributed by atoms with Crippen LogP contribution in [0.1, 0.15) is 21.7 Å². The maximum absolute atomic E-state index is 12.2. The fraction of sp³-hybridized carbons (Fsp3) is 0.545. The molecule has 0 radical (unpaired) electrons. The molecule has 1 aromatic heterocycles. The monoisotopic (exact) mass is 294 g/mol. The number of aryl methyl sites for hydroxylation is 1. The number of carbonyl (C=O) groups is 1. The number of amides is 1. The minimum atomic E-state index is 0. The highest BCUT2D eigenvalue weighted by Crippen LogP contribution is 2.28. The van der Waals surface area contributed by atoms with E-state index < -0.39 is 0 Å². The van der Waals surface area contributed by atoms with Gasteiger partial charge in [0, 0.05) is 19.6 Å². The summed E-state index contributed by atoms with van der Waals surface area (Å²) in [4.78, 5) is 14.7. The van der Waals surface area contributed by atoms with E-state index in [-0.39, 0.29) is 18.3 Å². The Morgan fingerprint density at radius 1 is 1.65 bits per heavy atom. The maximum Gasteiger partial charge on any atom is 0.265 e. The minimum Gasteiger partial charge on any atom is -0.337 e. The molecule has 1 aliphatic rings. The Labute approximate surface area is 117 Å². The first-order valence-corrected chi connectivity index (χ1v) is 6.58. The number of thiophene rings is 1. The number of hydrogen-bond donors (Lipinski definition) is 1. The number of nitrogens with one attached hydrogen (secondary N) is 1. The molecule has 1 aliphatic heterocycles. The molecule has 1 fully saturated rings. The summed E-state index contributed by atoms with van der Waals surface area (Å²) in [7, 11) is 1.85. The third-order valence-electron chi connectivity index (χ3n) is 3.00. The van der Waals surface area contributed by atoms with Crippen molar-refractivity contribution < 1.29 is 4.79 Å². The summed E-state index contributed by atoms with van der Waals surface area (Å²) in [5, 5.41) is 5.79. The van der Waals surface area contributed by atoms with Gasteiger partial charge < -0.3 is 10.2 Å². The molecule has 0 spiro atoms. The molecule has 17 heavy (non-hydrogen) atoms. The van der Waals surface area contributed by atoms with Crippen molar-refractivity contribution in [3.63, 3.8) is 0 Å². The molecule has 0 bridgehead atoms. The SMILES string of the molecule is Cc1csc(C(=O)N(C)C2CCNC2)c1Cl.Cl. The molecule has 2 heterocycles. The van der Waals surface area contributed by atoms with Gasteiger partial charge in [-0.15, -0.1) is 23.7 Å². The molecule has 1 N–H and O–H groups in total. The van der Waals surface area contributed by atoms with E-state index in [0.29, 0.717) is 15.9 Å². The Balaban J connectivity index is 0.00000144. The fourth-order valence-electron chi connectivity index (χ4n) is 1.87. The summed E-state index contributed by atoms with van der Waals surface area (Å²) < 4.78 is 0. The fourth-order valence-corrected chi connectivity index (χ4v) is 3.13. The van der Waals surface area contributed by atoms with Gasteiger partial charge in [-0.3, -0.25) is 4.79 Å². The van der Waals surface area contributed by atoms with Gasteiger partial charge in [-0.1, -0.05) is 11.6 Å². The summed E-state index contributed by atoms with van der Waals surface area (Å²) in [5.41, 5.74) is 0.980. The Hall–Kier alpha value is -0.290. The van der Waals surface area contributed by atoms with E-state index in [0.717, 1.165) is 25.1 Å². The van der Waals surface area contributed by atoms with E-state index in [2.05, 4.69) is 5.32 Å². The Kier molecular flexibility index (Phi) is 5.25. The predicted octanol–water partition coefficient (Wildman–Crippen LogP) is 2.57. The smallest absolute Gasteiger partial charge is 0.265 e. The lowest BCUT2D eigenvalue weighted by atomic mass is 10.2. The second-order valence-electron chi connectivity index (χ2n) is 4.12. The summed E-state index contributed by atoms with van der Waals surface area (Å²) in [5.74, 6) is 0.0387. The zero-order chi connectivity index (χ0) is 11.7. The molecule has 0 aliphatic carbocycles. The Morgan fingerprint density at radius 2 is 2.35 bits per heavy atom. The van der Waals surface area contributed by atoms with Gasteiger partial charge in [-0.05, 0) is 30.8 Å². The number of halogens is 2. The van der Waals surface area contributed by atoms with Crippen molar-refractivity contribution in [1.29, 1.82) is 0 Å². The highest BCUT2D eigenvalue weighted by Gasteiger charge is 2.26. The molecular formula is C11H16Cl2N2OS. The average molecular weight is 295 g/mol. The quantitative estimate of drug-likeness (QED) is 0.909. The predicted molar refractivity (Wildman–Crippen MR) is 74.7 cm³/mol. The number of nitrogens with zero attached hydrogens (tertiary/aromatic N) is 1. The van der Waals surface area contributed by atoms with Crippen molar-refractivity contribution in [3.05, 3.63) is 20.8 Å². The second-order valence-corrected chi connectivity index (χ2v) is 5.38. The van der Waals surface area contributed by atoms with Gasteiger partial charge in [-0.2, -0.15) is 0 Å². The molecule has 0 aromatic carbocycles. The molecule has 1 amide bonds. The zero-order valence-corrected chi connectivity index (χ0v) is 12.2. The largest absolute Gasteiger partial charge is 0.337 e. The van der Waals surface area contributed by atoms with Crippen LogP contribution in [0.5, 0.6) is 0 Å². The average Bonchev–Trinajstić information content (AvgIpc) is 2.89. The van der Waals surface area contributed by atoms with E-state index in [1.807, 2.05) is 19.4 Å². The van der Waals surface area contributed by atoms with Gasteiger partial charge >= 0.3 is 0 Å². The molecule has 1 atom stereocenters. The number of carbonyl (C=O) groups excluding carboxylic acids is 1. The van der Waals surface area contributed by atoms with Crippen LogP contribution in [0.3, 0.4) is 0 Å². The minimum absolute atomic E-state index is 0. The first-order valence-electron chi connectivity index (χ1n) is 5.32. The topological polar surface area (TPSA) is 32.3 Å². The van der Waals surface area contributed by atoms with E-state index in [1.165, 1.54) is 11.3 Å². The lowest BCUT2D eigenvalue weighted by Gasteiger charge is -2.23. The van der Waals surface area contributed by atoms with Crippen molar-refractivity contribution in [1.82, 2.24) is 10.2 Å². The lowest BCUT2D eigenvalue weighted by Crippen LogP contribution is -2.38. The molecule has 1 unspecified atom stereocenters. The zero-order valence-electron chi connectivity index (χ0n) is 9.83. The summed E-state index contributed by atoms with van der Waals surface area (Å²) in [6, 6.07) is 0.297.